The van der Waals surface area contributed by atoms with Crippen LogP contribution < -0.4 is 10.6 Å². The fourth-order valence-electron chi connectivity index (χ4n) is 6.30. The molecule has 2 aliphatic heterocycles. The van der Waals surface area contributed by atoms with Crippen LogP contribution in [-0.2, 0) is 25.7 Å². The second-order valence-corrected chi connectivity index (χ2v) is 10.3. The van der Waals surface area contributed by atoms with Crippen LogP contribution in [0.2, 0.25) is 0 Å². The van der Waals surface area contributed by atoms with Crippen LogP contribution in [0.4, 0.5) is 5.69 Å². The van der Waals surface area contributed by atoms with Gasteiger partial charge in [0.05, 0.1) is 6.67 Å². The number of para-hydroxylation sites is 1. The molecule has 1 fully saturated rings. The third-order valence-electron chi connectivity index (χ3n) is 8.24. The van der Waals surface area contributed by atoms with Crippen molar-refractivity contribution in [2.24, 2.45) is 0 Å². The van der Waals surface area contributed by atoms with E-state index in [1.807, 2.05) is 0 Å². The third-order valence-corrected chi connectivity index (χ3v) is 8.24. The fraction of sp³-hybridized carbons (Fsp3) is 0.375. The largest absolute Gasteiger partial charge is 0.367 e. The standard InChI is InChI=1S/C18H18.C14H19N3/c1-3-7-15-13(5-1)9-11-18-16-8-4-2-6-14(16)10-12-17(15)18;1-2-4-14-12(3-1)7-10-17(11-16-14)13-5-8-15-9-6-13/h1,3,5,7,10,12H,2,4,6,8-9,11H2;1-4,7,10,13,15-16H,5-6,8-9,11H2. The molecule has 3 heteroatoms. The number of rotatable bonds is 1. The molecule has 0 radical (unpaired) electrons. The average Bonchev–Trinajstić information content (AvgIpc) is 3.16. The van der Waals surface area contributed by atoms with Gasteiger partial charge in [0.1, 0.15) is 0 Å². The summed E-state index contributed by atoms with van der Waals surface area (Å²) < 4.78 is 0. The maximum atomic E-state index is 3.52. The average molecular weight is 464 g/mol. The van der Waals surface area contributed by atoms with E-state index in [2.05, 4.69) is 88.5 Å². The van der Waals surface area contributed by atoms with Crippen LogP contribution in [-0.4, -0.2) is 30.7 Å². The van der Waals surface area contributed by atoms with Gasteiger partial charge in [0.25, 0.3) is 0 Å². The van der Waals surface area contributed by atoms with E-state index in [0.717, 1.165) is 19.8 Å². The van der Waals surface area contributed by atoms with Gasteiger partial charge in [-0.15, -0.1) is 0 Å². The summed E-state index contributed by atoms with van der Waals surface area (Å²) in [5.41, 5.74) is 12.0. The van der Waals surface area contributed by atoms with Crippen LogP contribution in [0, 0.1) is 0 Å². The summed E-state index contributed by atoms with van der Waals surface area (Å²) in [6.45, 7) is 3.20. The van der Waals surface area contributed by atoms with Crippen molar-refractivity contribution in [1.29, 1.82) is 0 Å². The second kappa shape index (κ2) is 10.3. The van der Waals surface area contributed by atoms with Crippen LogP contribution in [0.5, 0.6) is 0 Å². The Morgan fingerprint density at radius 3 is 2.46 bits per heavy atom. The van der Waals surface area contributed by atoms with Crippen molar-refractivity contribution in [3.05, 3.63) is 94.7 Å². The van der Waals surface area contributed by atoms with Crippen molar-refractivity contribution in [2.45, 2.75) is 57.4 Å². The van der Waals surface area contributed by atoms with E-state index < -0.39 is 0 Å². The van der Waals surface area contributed by atoms with Gasteiger partial charge in [0.2, 0.25) is 0 Å². The molecule has 2 heterocycles. The summed E-state index contributed by atoms with van der Waals surface area (Å²) >= 11 is 0. The summed E-state index contributed by atoms with van der Waals surface area (Å²) in [4.78, 5) is 2.43. The van der Waals surface area contributed by atoms with Gasteiger partial charge in [-0.1, -0.05) is 54.6 Å². The van der Waals surface area contributed by atoms with E-state index in [9.17, 15) is 0 Å². The number of benzene rings is 3. The van der Waals surface area contributed by atoms with E-state index in [0.29, 0.717) is 6.04 Å². The Morgan fingerprint density at radius 2 is 1.51 bits per heavy atom. The van der Waals surface area contributed by atoms with E-state index in [4.69, 9.17) is 0 Å². The van der Waals surface area contributed by atoms with Gasteiger partial charge in [-0.3, -0.25) is 0 Å². The van der Waals surface area contributed by atoms with Crippen molar-refractivity contribution in [3.8, 4) is 11.1 Å². The van der Waals surface area contributed by atoms with Crippen molar-refractivity contribution in [3.63, 3.8) is 0 Å². The van der Waals surface area contributed by atoms with Crippen molar-refractivity contribution >= 4 is 11.8 Å². The van der Waals surface area contributed by atoms with E-state index in [1.165, 1.54) is 79.3 Å². The van der Waals surface area contributed by atoms with Crippen LogP contribution in [0.25, 0.3) is 17.2 Å². The number of aryl methyl sites for hydroxylation is 2. The second-order valence-electron chi connectivity index (χ2n) is 10.3. The molecule has 3 aromatic rings. The molecule has 0 atom stereocenters. The highest BCUT2D eigenvalue weighted by Crippen LogP contribution is 2.38. The number of nitrogens with one attached hydrogen (secondary N) is 2. The molecule has 35 heavy (non-hydrogen) atoms. The summed E-state index contributed by atoms with van der Waals surface area (Å²) in [6.07, 6.45) is 14.8. The number of hydrogen-bond acceptors (Lipinski definition) is 3. The van der Waals surface area contributed by atoms with Gasteiger partial charge in [0.15, 0.2) is 0 Å². The molecule has 0 saturated carbocycles. The van der Waals surface area contributed by atoms with Gasteiger partial charge in [-0.05, 0) is 116 Å². The van der Waals surface area contributed by atoms with Crippen LogP contribution in [0.3, 0.4) is 0 Å². The van der Waals surface area contributed by atoms with Crippen molar-refractivity contribution in [1.82, 2.24) is 10.2 Å². The Labute approximate surface area is 210 Å². The van der Waals surface area contributed by atoms with Gasteiger partial charge < -0.3 is 15.5 Å². The summed E-state index contributed by atoms with van der Waals surface area (Å²) in [5, 5.41) is 6.93. The minimum absolute atomic E-state index is 0.675. The molecule has 7 rings (SSSR count). The van der Waals surface area contributed by atoms with Crippen molar-refractivity contribution < 1.29 is 0 Å². The molecule has 4 aliphatic rings. The maximum Gasteiger partial charge on any atom is 0.0874 e. The van der Waals surface area contributed by atoms with Gasteiger partial charge in [-0.2, -0.15) is 0 Å². The normalized spacial score (nSPS) is 18.6. The lowest BCUT2D eigenvalue weighted by atomic mass is 9.78. The van der Waals surface area contributed by atoms with Gasteiger partial charge in [0, 0.05) is 17.9 Å². The number of piperidine rings is 1. The Balaban J connectivity index is 0.000000131. The third kappa shape index (κ3) is 4.75. The molecule has 2 aliphatic carbocycles. The van der Waals surface area contributed by atoms with E-state index in [1.54, 1.807) is 16.7 Å². The minimum Gasteiger partial charge on any atom is -0.367 e. The lowest BCUT2D eigenvalue weighted by Gasteiger charge is -2.33. The molecule has 0 amide bonds. The number of fused-ring (bicyclic) bond motifs is 6. The fourth-order valence-corrected chi connectivity index (χ4v) is 6.30. The van der Waals surface area contributed by atoms with Crippen LogP contribution in [0.1, 0.15) is 53.5 Å². The molecule has 2 N–H and O–H groups in total. The van der Waals surface area contributed by atoms with Crippen molar-refractivity contribution in [2.75, 3.05) is 25.1 Å². The highest BCUT2D eigenvalue weighted by molar-refractivity contribution is 5.75. The smallest absolute Gasteiger partial charge is 0.0874 e. The Hall–Kier alpha value is -3.04. The first-order valence-electron chi connectivity index (χ1n) is 13.6. The molecule has 3 nitrogen and oxygen atoms in total. The van der Waals surface area contributed by atoms with E-state index >= 15 is 0 Å². The summed E-state index contributed by atoms with van der Waals surface area (Å²) in [5.74, 6) is 0. The van der Waals surface area contributed by atoms with Crippen LogP contribution in [0.15, 0.2) is 66.9 Å². The molecule has 0 unspecified atom stereocenters. The first-order chi connectivity index (χ1) is 17.4. The summed E-state index contributed by atoms with van der Waals surface area (Å²) in [6, 6.07) is 22.8. The Bertz CT molecular complexity index is 1210. The molecule has 0 spiro atoms. The highest BCUT2D eigenvalue weighted by atomic mass is 15.2. The topological polar surface area (TPSA) is 27.3 Å². The van der Waals surface area contributed by atoms with Crippen LogP contribution >= 0.6 is 0 Å². The molecular formula is C32H37N3. The number of nitrogens with zero attached hydrogens (tertiary/aromatic N) is 1. The quantitative estimate of drug-likeness (QED) is 0.436. The lowest BCUT2D eigenvalue weighted by Crippen LogP contribution is -2.42. The SMILES string of the molecule is C1=CN(C2CCNCC2)CNc2ccccc21.c1ccc2c(c1)CCc1c-2ccc2c1CCCC2. The Morgan fingerprint density at radius 1 is 0.686 bits per heavy atom. The number of anilines is 1. The summed E-state index contributed by atoms with van der Waals surface area (Å²) in [7, 11) is 0. The monoisotopic (exact) mass is 463 g/mol. The highest BCUT2D eigenvalue weighted by Gasteiger charge is 2.22. The molecule has 1 saturated heterocycles. The molecule has 3 aromatic carbocycles. The molecule has 0 bridgehead atoms. The first-order valence-corrected chi connectivity index (χ1v) is 13.6. The molecule has 0 aromatic heterocycles. The van der Waals surface area contributed by atoms with Gasteiger partial charge in [-0.25, -0.2) is 0 Å². The zero-order chi connectivity index (χ0) is 23.5. The van der Waals surface area contributed by atoms with Gasteiger partial charge >= 0.3 is 0 Å². The number of hydrogen-bond donors (Lipinski definition) is 2. The maximum absolute atomic E-state index is 3.52. The minimum atomic E-state index is 0.675. The zero-order valence-electron chi connectivity index (χ0n) is 20.7. The molecular weight excluding hydrogens is 426 g/mol. The predicted octanol–water partition coefficient (Wildman–Crippen LogP) is 6.43. The zero-order valence-corrected chi connectivity index (χ0v) is 20.7. The van der Waals surface area contributed by atoms with E-state index in [-0.39, 0.29) is 0 Å². The Kier molecular flexibility index (Phi) is 6.60. The lowest BCUT2D eigenvalue weighted by molar-refractivity contribution is 0.239. The first kappa shape index (κ1) is 22.4. The predicted molar refractivity (Wildman–Crippen MR) is 148 cm³/mol. The molecule has 180 valence electrons.